The van der Waals surface area contributed by atoms with E-state index in [1.165, 1.54) is 6.07 Å². The number of amides is 2. The molecule has 0 radical (unpaired) electrons. The van der Waals surface area contributed by atoms with Gasteiger partial charge in [-0.15, -0.1) is 0 Å². The number of nitrogens with zero attached hydrogens (tertiary/aromatic N) is 1. The molecule has 1 unspecified atom stereocenters. The van der Waals surface area contributed by atoms with E-state index in [2.05, 4.69) is 5.32 Å². The minimum absolute atomic E-state index is 0.0129. The molecular formula is C18H19ClN2O4. The van der Waals surface area contributed by atoms with Crippen molar-refractivity contribution in [2.24, 2.45) is 0 Å². The fraction of sp³-hybridized carbons (Fsp3) is 0.389. The van der Waals surface area contributed by atoms with Crippen LogP contribution in [0.25, 0.3) is 11.0 Å². The van der Waals surface area contributed by atoms with Crippen LogP contribution in [-0.4, -0.2) is 35.3 Å². The van der Waals surface area contributed by atoms with E-state index in [0.717, 1.165) is 0 Å². The number of hydrogen-bond donors (Lipinski definition) is 1. The van der Waals surface area contributed by atoms with Gasteiger partial charge < -0.3 is 14.6 Å². The zero-order chi connectivity index (χ0) is 18.1. The summed E-state index contributed by atoms with van der Waals surface area (Å²) in [5, 5.41) is 3.93. The van der Waals surface area contributed by atoms with E-state index in [9.17, 15) is 14.4 Å². The lowest BCUT2D eigenvalue weighted by Gasteiger charge is -2.29. The number of rotatable bonds is 4. The van der Waals surface area contributed by atoms with E-state index < -0.39 is 11.5 Å². The van der Waals surface area contributed by atoms with Crippen LogP contribution in [0.15, 0.2) is 33.5 Å². The second kappa shape index (κ2) is 6.88. The monoisotopic (exact) mass is 362 g/mol. The van der Waals surface area contributed by atoms with Gasteiger partial charge in [-0.1, -0.05) is 11.6 Å². The second-order valence-electron chi connectivity index (χ2n) is 6.48. The van der Waals surface area contributed by atoms with Crippen molar-refractivity contribution < 1.29 is 14.0 Å². The van der Waals surface area contributed by atoms with Crippen LogP contribution in [0.5, 0.6) is 0 Å². The molecule has 1 atom stereocenters. The Bertz CT molecular complexity index is 890. The summed E-state index contributed by atoms with van der Waals surface area (Å²) >= 11 is 5.98. The van der Waals surface area contributed by atoms with Crippen LogP contribution in [0, 0.1) is 0 Å². The Kier molecular flexibility index (Phi) is 4.81. The summed E-state index contributed by atoms with van der Waals surface area (Å²) in [6.45, 7) is 4.09. The molecule has 3 rings (SSSR count). The SMILES string of the molecule is CC(C)N(CC1CCC(=O)N1)C(=O)c1cc2cc(Cl)ccc2oc1=O. The number of hydrogen-bond acceptors (Lipinski definition) is 4. The molecule has 1 aliphatic rings. The fourth-order valence-electron chi connectivity index (χ4n) is 2.98. The number of carbonyl (C=O) groups excluding carboxylic acids is 2. The van der Waals surface area contributed by atoms with Crippen LogP contribution in [0.2, 0.25) is 5.02 Å². The first-order valence-electron chi connectivity index (χ1n) is 8.19. The quantitative estimate of drug-likeness (QED) is 0.848. The molecule has 132 valence electrons. The molecule has 2 aromatic rings. The topological polar surface area (TPSA) is 79.6 Å². The van der Waals surface area contributed by atoms with Gasteiger partial charge >= 0.3 is 5.63 Å². The van der Waals surface area contributed by atoms with Gasteiger partial charge in [-0.2, -0.15) is 0 Å². The summed E-state index contributed by atoms with van der Waals surface area (Å²) in [5.41, 5.74) is -0.334. The van der Waals surface area contributed by atoms with Crippen molar-refractivity contribution in [3.63, 3.8) is 0 Å². The lowest BCUT2D eigenvalue weighted by molar-refractivity contribution is -0.119. The Hall–Kier alpha value is -2.34. The lowest BCUT2D eigenvalue weighted by Crippen LogP contribution is -2.46. The maximum atomic E-state index is 12.9. The standard InChI is InChI=1S/C18H19ClN2O4/c1-10(2)21(9-13-4-6-16(22)20-13)17(23)14-8-11-7-12(19)3-5-15(11)25-18(14)24/h3,5,7-8,10,13H,4,6,9H2,1-2H3,(H,20,22). The number of halogens is 1. The van der Waals surface area contributed by atoms with E-state index in [4.69, 9.17) is 16.0 Å². The van der Waals surface area contributed by atoms with Crippen LogP contribution in [0.3, 0.4) is 0 Å². The molecule has 0 bridgehead atoms. The van der Waals surface area contributed by atoms with Gasteiger partial charge in [-0.05, 0) is 44.5 Å². The molecule has 0 aliphatic carbocycles. The second-order valence-corrected chi connectivity index (χ2v) is 6.92. The fourth-order valence-corrected chi connectivity index (χ4v) is 3.16. The van der Waals surface area contributed by atoms with Crippen molar-refractivity contribution in [3.05, 3.63) is 45.3 Å². The van der Waals surface area contributed by atoms with E-state index in [1.807, 2.05) is 13.8 Å². The first-order valence-corrected chi connectivity index (χ1v) is 8.56. The summed E-state index contributed by atoms with van der Waals surface area (Å²) in [5.74, 6) is -0.423. The van der Waals surface area contributed by atoms with Gasteiger partial charge in [0.15, 0.2) is 0 Å². The Morgan fingerprint density at radius 1 is 1.36 bits per heavy atom. The van der Waals surface area contributed by atoms with E-state index >= 15 is 0 Å². The Morgan fingerprint density at radius 2 is 2.12 bits per heavy atom. The van der Waals surface area contributed by atoms with Gasteiger partial charge in [0.05, 0.1) is 0 Å². The molecule has 1 aromatic carbocycles. The third-order valence-corrected chi connectivity index (χ3v) is 4.55. The number of benzene rings is 1. The average Bonchev–Trinajstić information content (AvgIpc) is 2.96. The van der Waals surface area contributed by atoms with Gasteiger partial charge in [0.25, 0.3) is 5.91 Å². The summed E-state index contributed by atoms with van der Waals surface area (Å²) < 4.78 is 5.25. The van der Waals surface area contributed by atoms with Crippen molar-refractivity contribution in [1.82, 2.24) is 10.2 Å². The highest BCUT2D eigenvalue weighted by Crippen LogP contribution is 2.20. The lowest BCUT2D eigenvalue weighted by atomic mass is 10.1. The molecule has 1 aromatic heterocycles. The summed E-state index contributed by atoms with van der Waals surface area (Å²) in [6, 6.07) is 6.16. The van der Waals surface area contributed by atoms with Crippen LogP contribution in [0.4, 0.5) is 0 Å². The Balaban J connectivity index is 1.93. The van der Waals surface area contributed by atoms with Gasteiger partial charge in [0.2, 0.25) is 5.91 Å². The predicted molar refractivity (Wildman–Crippen MR) is 94.8 cm³/mol. The minimum atomic E-state index is -0.680. The third kappa shape index (κ3) is 3.69. The molecule has 0 saturated carbocycles. The Labute approximate surface area is 149 Å². The molecule has 2 amide bonds. The third-order valence-electron chi connectivity index (χ3n) is 4.31. The molecule has 7 heteroatoms. The van der Waals surface area contributed by atoms with E-state index in [0.29, 0.717) is 35.4 Å². The first kappa shape index (κ1) is 17.5. The van der Waals surface area contributed by atoms with Crippen LogP contribution in [0.1, 0.15) is 37.0 Å². The molecule has 1 aliphatic heterocycles. The minimum Gasteiger partial charge on any atom is -0.422 e. The summed E-state index contributed by atoms with van der Waals surface area (Å²) in [7, 11) is 0. The molecule has 0 spiro atoms. The normalized spacial score (nSPS) is 17.1. The molecule has 6 nitrogen and oxygen atoms in total. The molecule has 1 fully saturated rings. The number of fused-ring (bicyclic) bond motifs is 1. The molecule has 25 heavy (non-hydrogen) atoms. The van der Waals surface area contributed by atoms with Crippen molar-refractivity contribution >= 4 is 34.4 Å². The van der Waals surface area contributed by atoms with Gasteiger partial charge in [-0.25, -0.2) is 4.79 Å². The van der Waals surface area contributed by atoms with Crippen molar-refractivity contribution in [2.45, 2.75) is 38.8 Å². The number of carbonyl (C=O) groups is 2. The highest BCUT2D eigenvalue weighted by molar-refractivity contribution is 6.31. The zero-order valence-corrected chi connectivity index (χ0v) is 14.8. The van der Waals surface area contributed by atoms with Crippen LogP contribution in [-0.2, 0) is 4.79 Å². The van der Waals surface area contributed by atoms with Crippen LogP contribution >= 0.6 is 11.6 Å². The van der Waals surface area contributed by atoms with E-state index in [1.54, 1.807) is 23.1 Å². The first-order chi connectivity index (χ1) is 11.8. The highest BCUT2D eigenvalue weighted by atomic mass is 35.5. The maximum Gasteiger partial charge on any atom is 0.349 e. The van der Waals surface area contributed by atoms with Gasteiger partial charge in [0, 0.05) is 35.5 Å². The zero-order valence-electron chi connectivity index (χ0n) is 14.0. The maximum absolute atomic E-state index is 12.9. The van der Waals surface area contributed by atoms with Gasteiger partial charge in [0.1, 0.15) is 11.1 Å². The largest absolute Gasteiger partial charge is 0.422 e. The van der Waals surface area contributed by atoms with Crippen molar-refractivity contribution in [2.75, 3.05) is 6.54 Å². The average molecular weight is 363 g/mol. The van der Waals surface area contributed by atoms with Crippen molar-refractivity contribution in [3.8, 4) is 0 Å². The predicted octanol–water partition coefficient (Wildman–Crippen LogP) is 2.58. The molecular weight excluding hydrogens is 344 g/mol. The molecule has 1 N–H and O–H groups in total. The Morgan fingerprint density at radius 3 is 2.76 bits per heavy atom. The molecule has 2 heterocycles. The van der Waals surface area contributed by atoms with E-state index in [-0.39, 0.29) is 23.6 Å². The van der Waals surface area contributed by atoms with Gasteiger partial charge in [-0.3, -0.25) is 9.59 Å². The number of nitrogens with one attached hydrogen (secondary N) is 1. The van der Waals surface area contributed by atoms with Crippen molar-refractivity contribution in [1.29, 1.82) is 0 Å². The summed E-state index contributed by atoms with van der Waals surface area (Å²) in [6.07, 6.45) is 1.14. The smallest absolute Gasteiger partial charge is 0.349 e. The van der Waals surface area contributed by atoms with Crippen LogP contribution < -0.4 is 10.9 Å². The highest BCUT2D eigenvalue weighted by Gasteiger charge is 2.29. The molecule has 1 saturated heterocycles. The summed E-state index contributed by atoms with van der Waals surface area (Å²) in [4.78, 5) is 38.2.